The van der Waals surface area contributed by atoms with E-state index in [9.17, 15) is 18.3 Å². The molecule has 0 spiro atoms. The summed E-state index contributed by atoms with van der Waals surface area (Å²) in [5.41, 5.74) is 2.21. The molecule has 3 aromatic carbocycles. The first-order valence-electron chi connectivity index (χ1n) is 12.0. The van der Waals surface area contributed by atoms with Crippen LogP contribution in [0.1, 0.15) is 31.7 Å². The maximum absolute atomic E-state index is 13.2. The van der Waals surface area contributed by atoms with E-state index in [1.165, 1.54) is 12.1 Å². The van der Waals surface area contributed by atoms with Gasteiger partial charge >= 0.3 is 5.97 Å². The van der Waals surface area contributed by atoms with Crippen LogP contribution < -0.4 is 14.8 Å². The topological polar surface area (TPSA) is 105 Å². The minimum atomic E-state index is -4.03. The number of methoxy groups -OCH3 is 1. The summed E-state index contributed by atoms with van der Waals surface area (Å²) in [6.07, 6.45) is 1.95. The highest BCUT2D eigenvalue weighted by atomic mass is 32.2. The molecule has 0 heterocycles. The lowest BCUT2D eigenvalue weighted by Crippen LogP contribution is -2.50. The molecule has 0 amide bonds. The van der Waals surface area contributed by atoms with Crippen LogP contribution >= 0.6 is 0 Å². The maximum Gasteiger partial charge on any atom is 0.322 e. The molecule has 0 aliphatic heterocycles. The Kier molecular flexibility index (Phi) is 7.78. The zero-order valence-corrected chi connectivity index (χ0v) is 21.3. The van der Waals surface area contributed by atoms with E-state index in [-0.39, 0.29) is 10.9 Å². The van der Waals surface area contributed by atoms with Crippen LogP contribution in [0.5, 0.6) is 5.75 Å². The normalized spacial score (nSPS) is 20.7. The zero-order valence-electron chi connectivity index (χ0n) is 20.5. The molecule has 3 N–H and O–H groups in total. The van der Waals surface area contributed by atoms with Crippen molar-refractivity contribution < 1.29 is 23.1 Å². The molecular weight excluding hydrogens is 476 g/mol. The Morgan fingerprint density at radius 3 is 2.22 bits per heavy atom. The number of aliphatic carboxylic acids is 1. The third-order valence-electron chi connectivity index (χ3n) is 7.02. The van der Waals surface area contributed by atoms with E-state index < -0.39 is 27.4 Å². The summed E-state index contributed by atoms with van der Waals surface area (Å²) in [7, 11) is -2.44. The average Bonchev–Trinajstić information content (AvgIpc) is 3.28. The minimum Gasteiger partial charge on any atom is -0.497 e. The van der Waals surface area contributed by atoms with Gasteiger partial charge in [0.2, 0.25) is 10.0 Å². The van der Waals surface area contributed by atoms with E-state index in [0.29, 0.717) is 19.4 Å². The number of ether oxygens (including phenoxy) is 1. The number of benzene rings is 3. The maximum atomic E-state index is 13.2. The highest BCUT2D eigenvalue weighted by Gasteiger charge is 2.46. The first kappa shape index (κ1) is 25.9. The molecular formula is C28H32N2O5S. The second kappa shape index (κ2) is 10.8. The van der Waals surface area contributed by atoms with E-state index in [1.807, 2.05) is 61.5 Å². The summed E-state index contributed by atoms with van der Waals surface area (Å²) in [5.74, 6) is -0.431. The Bertz CT molecular complexity index is 1280. The molecule has 1 saturated carbocycles. The van der Waals surface area contributed by atoms with Crippen LogP contribution in [0.4, 0.5) is 0 Å². The van der Waals surface area contributed by atoms with E-state index in [1.54, 1.807) is 19.2 Å². The Morgan fingerprint density at radius 1 is 1.03 bits per heavy atom. The van der Waals surface area contributed by atoms with Crippen molar-refractivity contribution in [2.45, 2.75) is 49.7 Å². The summed E-state index contributed by atoms with van der Waals surface area (Å²) in [4.78, 5) is 12.3. The number of hydrogen-bond acceptors (Lipinski definition) is 5. The predicted molar refractivity (Wildman–Crippen MR) is 139 cm³/mol. The van der Waals surface area contributed by atoms with E-state index >= 15 is 0 Å². The SMILES string of the molecule is COc1ccc(-c2ccc(S(=O)(=O)NC(C(=O)O)C3(C)CCC(NCc4ccccc4)C3)cc2)cc1. The number of carboxylic acids is 1. The van der Waals surface area contributed by atoms with Crippen molar-refractivity contribution in [3.63, 3.8) is 0 Å². The van der Waals surface area contributed by atoms with Crippen LogP contribution in [0.2, 0.25) is 0 Å². The second-order valence-electron chi connectivity index (χ2n) is 9.61. The highest BCUT2D eigenvalue weighted by Crippen LogP contribution is 2.41. The molecule has 3 aromatic rings. The van der Waals surface area contributed by atoms with Crippen molar-refractivity contribution in [2.75, 3.05) is 7.11 Å². The number of nitrogens with one attached hydrogen (secondary N) is 2. The van der Waals surface area contributed by atoms with Gasteiger partial charge in [0.1, 0.15) is 11.8 Å². The summed E-state index contributed by atoms with van der Waals surface area (Å²) < 4.78 is 34.0. The van der Waals surface area contributed by atoms with Gasteiger partial charge in [0.15, 0.2) is 0 Å². The molecule has 0 radical (unpaired) electrons. The molecule has 1 aliphatic carbocycles. The van der Waals surface area contributed by atoms with Crippen LogP contribution in [0.25, 0.3) is 11.1 Å². The third-order valence-corrected chi connectivity index (χ3v) is 8.46. The highest BCUT2D eigenvalue weighted by molar-refractivity contribution is 7.89. The number of hydrogen-bond donors (Lipinski definition) is 3. The van der Waals surface area contributed by atoms with Gasteiger partial charge in [0.05, 0.1) is 12.0 Å². The molecule has 36 heavy (non-hydrogen) atoms. The average molecular weight is 509 g/mol. The van der Waals surface area contributed by atoms with E-state index in [0.717, 1.165) is 28.9 Å². The Balaban J connectivity index is 1.44. The van der Waals surface area contributed by atoms with Gasteiger partial charge in [0.25, 0.3) is 0 Å². The van der Waals surface area contributed by atoms with Gasteiger partial charge in [0, 0.05) is 12.6 Å². The van der Waals surface area contributed by atoms with Crippen molar-refractivity contribution in [1.29, 1.82) is 0 Å². The molecule has 1 fully saturated rings. The Labute approximate surface area is 212 Å². The van der Waals surface area contributed by atoms with E-state index in [4.69, 9.17) is 4.74 Å². The monoisotopic (exact) mass is 508 g/mol. The molecule has 7 nitrogen and oxygen atoms in total. The summed E-state index contributed by atoms with van der Waals surface area (Å²) >= 11 is 0. The zero-order chi connectivity index (χ0) is 25.8. The quantitative estimate of drug-likeness (QED) is 0.374. The van der Waals surface area contributed by atoms with Crippen LogP contribution in [0, 0.1) is 5.41 Å². The molecule has 0 aromatic heterocycles. The summed E-state index contributed by atoms with van der Waals surface area (Å²) in [6.45, 7) is 2.54. The molecule has 0 bridgehead atoms. The molecule has 1 aliphatic rings. The van der Waals surface area contributed by atoms with Gasteiger partial charge in [-0.15, -0.1) is 0 Å². The lowest BCUT2D eigenvalue weighted by molar-refractivity contribution is -0.142. The van der Waals surface area contributed by atoms with Crippen LogP contribution in [0.3, 0.4) is 0 Å². The largest absolute Gasteiger partial charge is 0.497 e. The Hall–Kier alpha value is -3.20. The molecule has 3 unspecified atom stereocenters. The van der Waals surface area contributed by atoms with Crippen molar-refractivity contribution in [3.05, 3.63) is 84.4 Å². The number of carbonyl (C=O) groups is 1. The fourth-order valence-electron chi connectivity index (χ4n) is 4.89. The van der Waals surface area contributed by atoms with Crippen molar-refractivity contribution in [1.82, 2.24) is 10.0 Å². The number of sulfonamides is 1. The predicted octanol–water partition coefficient (Wildman–Crippen LogP) is 4.44. The van der Waals surface area contributed by atoms with Crippen molar-refractivity contribution in [3.8, 4) is 16.9 Å². The van der Waals surface area contributed by atoms with Crippen molar-refractivity contribution in [2.24, 2.45) is 5.41 Å². The van der Waals surface area contributed by atoms with Crippen molar-refractivity contribution >= 4 is 16.0 Å². The van der Waals surface area contributed by atoms with Crippen LogP contribution in [-0.2, 0) is 21.4 Å². The smallest absolute Gasteiger partial charge is 0.322 e. The number of carboxylic acid groups (broad SMARTS) is 1. The molecule has 3 atom stereocenters. The minimum absolute atomic E-state index is 0.0337. The first-order chi connectivity index (χ1) is 17.2. The third kappa shape index (κ3) is 5.95. The van der Waals surface area contributed by atoms with Gasteiger partial charge in [-0.3, -0.25) is 4.79 Å². The van der Waals surface area contributed by atoms with Crippen LogP contribution in [0.15, 0.2) is 83.8 Å². The fourth-order valence-corrected chi connectivity index (χ4v) is 6.22. The molecule has 4 rings (SSSR count). The van der Waals surface area contributed by atoms with E-state index in [2.05, 4.69) is 10.0 Å². The summed E-state index contributed by atoms with van der Waals surface area (Å²) in [6, 6.07) is 22.8. The molecule has 8 heteroatoms. The summed E-state index contributed by atoms with van der Waals surface area (Å²) in [5, 5.41) is 13.5. The van der Waals surface area contributed by atoms with Gasteiger partial charge in [-0.05, 0) is 65.6 Å². The van der Waals surface area contributed by atoms with Gasteiger partial charge in [-0.1, -0.05) is 61.5 Å². The van der Waals surface area contributed by atoms with Gasteiger partial charge < -0.3 is 15.2 Å². The Morgan fingerprint density at radius 2 is 1.64 bits per heavy atom. The van der Waals surface area contributed by atoms with Crippen LogP contribution in [-0.4, -0.2) is 38.7 Å². The second-order valence-corrected chi connectivity index (χ2v) is 11.3. The fraction of sp³-hybridized carbons (Fsp3) is 0.321. The number of rotatable bonds is 10. The molecule has 190 valence electrons. The lowest BCUT2D eigenvalue weighted by Gasteiger charge is -2.32. The van der Waals surface area contributed by atoms with Gasteiger partial charge in [-0.25, -0.2) is 8.42 Å². The van der Waals surface area contributed by atoms with Gasteiger partial charge in [-0.2, -0.15) is 4.72 Å². The first-order valence-corrected chi connectivity index (χ1v) is 13.5. The lowest BCUT2D eigenvalue weighted by atomic mass is 9.81. The molecule has 0 saturated heterocycles. The standard InChI is InChI=1S/C28H32N2O5S/c1-28(17-16-23(18-28)29-19-20-6-4-3-5-7-20)26(27(31)32)30-36(33,34)25-14-10-22(11-15-25)21-8-12-24(35-2)13-9-21/h3-15,23,26,29-30H,16-19H2,1-2H3,(H,31,32).